The van der Waals surface area contributed by atoms with Gasteiger partial charge in [0.05, 0.1) is 5.56 Å². The third-order valence-electron chi connectivity index (χ3n) is 3.37. The summed E-state index contributed by atoms with van der Waals surface area (Å²) < 4.78 is 0. The Labute approximate surface area is 123 Å². The van der Waals surface area contributed by atoms with Crippen LogP contribution < -0.4 is 5.32 Å². The van der Waals surface area contributed by atoms with E-state index in [1.165, 1.54) is 22.5 Å². The first kappa shape index (κ1) is 14.8. The van der Waals surface area contributed by atoms with Crippen molar-refractivity contribution >= 4 is 17.3 Å². The first-order valence-electron chi connectivity index (χ1n) is 6.73. The number of rotatable bonds is 6. The lowest BCUT2D eigenvalue weighted by atomic mass is 10.1. The summed E-state index contributed by atoms with van der Waals surface area (Å²) in [7, 11) is 0. The summed E-state index contributed by atoms with van der Waals surface area (Å²) in [5, 5.41) is 14.0. The monoisotopic (exact) mass is 289 g/mol. The number of carboxylic acid groups (broad SMARTS) is 1. The van der Waals surface area contributed by atoms with Gasteiger partial charge in [-0.3, -0.25) is 0 Å². The lowest BCUT2D eigenvalue weighted by Crippen LogP contribution is -2.17. The van der Waals surface area contributed by atoms with Crippen molar-refractivity contribution < 1.29 is 9.90 Å². The first-order valence-corrected chi connectivity index (χ1v) is 7.61. The van der Waals surface area contributed by atoms with Gasteiger partial charge in [0, 0.05) is 22.8 Å². The van der Waals surface area contributed by atoms with Gasteiger partial charge in [-0.15, -0.1) is 11.3 Å². The van der Waals surface area contributed by atoms with Crippen LogP contribution in [-0.2, 0) is 13.0 Å². The molecule has 0 bridgehead atoms. The largest absolute Gasteiger partial charge is 0.478 e. The Morgan fingerprint density at radius 3 is 2.60 bits per heavy atom. The summed E-state index contributed by atoms with van der Waals surface area (Å²) in [6, 6.07) is 10.6. The van der Waals surface area contributed by atoms with E-state index in [9.17, 15) is 4.79 Å². The molecule has 0 aliphatic carbocycles. The SMILES string of the molecule is CCc1ccc(C(C)NCc2cc(C(=O)O)cs2)cc1. The maximum Gasteiger partial charge on any atom is 0.336 e. The average molecular weight is 289 g/mol. The van der Waals surface area contributed by atoms with E-state index < -0.39 is 5.97 Å². The van der Waals surface area contributed by atoms with E-state index in [0.29, 0.717) is 12.1 Å². The number of nitrogens with one attached hydrogen (secondary N) is 1. The van der Waals surface area contributed by atoms with E-state index in [4.69, 9.17) is 5.11 Å². The van der Waals surface area contributed by atoms with E-state index in [0.717, 1.165) is 11.3 Å². The number of hydrogen-bond donors (Lipinski definition) is 2. The third kappa shape index (κ3) is 3.68. The third-order valence-corrected chi connectivity index (χ3v) is 4.31. The minimum absolute atomic E-state index is 0.247. The van der Waals surface area contributed by atoms with Crippen LogP contribution in [0.25, 0.3) is 0 Å². The number of carboxylic acids is 1. The molecule has 0 saturated heterocycles. The minimum atomic E-state index is -0.865. The highest BCUT2D eigenvalue weighted by Gasteiger charge is 2.08. The molecule has 0 saturated carbocycles. The number of carbonyl (C=O) groups is 1. The molecule has 1 unspecified atom stereocenters. The molecule has 1 heterocycles. The van der Waals surface area contributed by atoms with Crippen LogP contribution in [0.1, 0.15) is 46.3 Å². The second kappa shape index (κ2) is 6.68. The molecule has 1 atom stereocenters. The minimum Gasteiger partial charge on any atom is -0.478 e. The molecule has 2 N–H and O–H groups in total. The standard InChI is InChI=1S/C16H19NO2S/c1-3-12-4-6-13(7-5-12)11(2)17-9-15-8-14(10-20-15)16(18)19/h4-8,10-11,17H,3,9H2,1-2H3,(H,18,19). The predicted molar refractivity (Wildman–Crippen MR) is 82.4 cm³/mol. The first-order chi connectivity index (χ1) is 9.60. The van der Waals surface area contributed by atoms with Gasteiger partial charge in [0.1, 0.15) is 0 Å². The molecule has 0 spiro atoms. The van der Waals surface area contributed by atoms with Gasteiger partial charge in [-0.25, -0.2) is 4.79 Å². The van der Waals surface area contributed by atoms with Crippen molar-refractivity contribution in [1.29, 1.82) is 0 Å². The van der Waals surface area contributed by atoms with E-state index in [-0.39, 0.29) is 6.04 Å². The van der Waals surface area contributed by atoms with E-state index in [1.807, 2.05) is 0 Å². The Morgan fingerprint density at radius 2 is 2.05 bits per heavy atom. The molecule has 0 radical (unpaired) electrons. The van der Waals surface area contributed by atoms with Gasteiger partial charge < -0.3 is 10.4 Å². The van der Waals surface area contributed by atoms with Crippen LogP contribution in [0, 0.1) is 0 Å². The van der Waals surface area contributed by atoms with Crippen LogP contribution in [0.5, 0.6) is 0 Å². The lowest BCUT2D eigenvalue weighted by molar-refractivity contribution is 0.0697. The van der Waals surface area contributed by atoms with Crippen molar-refractivity contribution in [2.24, 2.45) is 0 Å². The molecule has 2 rings (SSSR count). The summed E-state index contributed by atoms with van der Waals surface area (Å²) >= 11 is 1.48. The molecule has 20 heavy (non-hydrogen) atoms. The molecule has 0 aliphatic heterocycles. The van der Waals surface area contributed by atoms with Crippen LogP contribution in [0.4, 0.5) is 0 Å². The van der Waals surface area contributed by atoms with Crippen molar-refractivity contribution in [2.75, 3.05) is 0 Å². The molecule has 0 fully saturated rings. The van der Waals surface area contributed by atoms with Gasteiger partial charge >= 0.3 is 5.97 Å². The molecule has 0 aliphatic rings. The van der Waals surface area contributed by atoms with E-state index >= 15 is 0 Å². The van der Waals surface area contributed by atoms with Crippen LogP contribution >= 0.6 is 11.3 Å². The number of benzene rings is 1. The van der Waals surface area contributed by atoms with Crippen LogP contribution in [0.15, 0.2) is 35.7 Å². The summed E-state index contributed by atoms with van der Waals surface area (Å²) in [5.41, 5.74) is 2.95. The average Bonchev–Trinajstić information content (AvgIpc) is 2.94. The molecule has 0 amide bonds. The van der Waals surface area contributed by atoms with Gasteiger partial charge in [0.2, 0.25) is 0 Å². The summed E-state index contributed by atoms with van der Waals surface area (Å²) in [4.78, 5) is 11.9. The van der Waals surface area contributed by atoms with E-state index in [2.05, 4.69) is 43.4 Å². The Morgan fingerprint density at radius 1 is 1.35 bits per heavy atom. The molecule has 2 aromatic rings. The Hall–Kier alpha value is -1.65. The maximum absolute atomic E-state index is 10.8. The molecular weight excluding hydrogens is 270 g/mol. The zero-order chi connectivity index (χ0) is 14.5. The van der Waals surface area contributed by atoms with E-state index in [1.54, 1.807) is 11.4 Å². The molecule has 4 heteroatoms. The highest BCUT2D eigenvalue weighted by molar-refractivity contribution is 7.10. The fraction of sp³-hybridized carbons (Fsp3) is 0.312. The Balaban J connectivity index is 1.93. The molecule has 3 nitrogen and oxygen atoms in total. The number of aromatic carboxylic acids is 1. The second-order valence-electron chi connectivity index (χ2n) is 4.80. The molecular formula is C16H19NO2S. The lowest BCUT2D eigenvalue weighted by Gasteiger charge is -2.14. The van der Waals surface area contributed by atoms with Gasteiger partial charge in [-0.2, -0.15) is 0 Å². The van der Waals surface area contributed by atoms with Crippen LogP contribution in [0.3, 0.4) is 0 Å². The zero-order valence-corrected chi connectivity index (χ0v) is 12.5. The second-order valence-corrected chi connectivity index (χ2v) is 5.80. The topological polar surface area (TPSA) is 49.3 Å². The fourth-order valence-corrected chi connectivity index (χ4v) is 2.81. The zero-order valence-electron chi connectivity index (χ0n) is 11.7. The van der Waals surface area contributed by atoms with Crippen LogP contribution in [0.2, 0.25) is 0 Å². The molecule has 106 valence electrons. The quantitative estimate of drug-likeness (QED) is 0.849. The highest BCUT2D eigenvalue weighted by Crippen LogP contribution is 2.18. The molecule has 1 aromatic carbocycles. The Kier molecular flexibility index (Phi) is 4.93. The smallest absolute Gasteiger partial charge is 0.336 e. The summed E-state index contributed by atoms with van der Waals surface area (Å²) in [5.74, 6) is -0.865. The Bertz CT molecular complexity index is 574. The highest BCUT2D eigenvalue weighted by atomic mass is 32.1. The van der Waals surface area contributed by atoms with Gasteiger partial charge in [-0.05, 0) is 30.5 Å². The normalized spacial score (nSPS) is 12.3. The number of thiophene rings is 1. The molecule has 1 aromatic heterocycles. The van der Waals surface area contributed by atoms with Crippen LogP contribution in [-0.4, -0.2) is 11.1 Å². The van der Waals surface area contributed by atoms with Crippen molar-refractivity contribution in [3.05, 3.63) is 57.3 Å². The van der Waals surface area contributed by atoms with Gasteiger partial charge in [0.15, 0.2) is 0 Å². The van der Waals surface area contributed by atoms with Crippen molar-refractivity contribution in [3.63, 3.8) is 0 Å². The predicted octanol–water partition coefficient (Wildman–Crippen LogP) is 3.86. The summed E-state index contributed by atoms with van der Waals surface area (Å²) in [6.45, 7) is 4.95. The fourth-order valence-electron chi connectivity index (χ4n) is 2.00. The van der Waals surface area contributed by atoms with Crippen molar-refractivity contribution in [1.82, 2.24) is 5.32 Å². The summed E-state index contributed by atoms with van der Waals surface area (Å²) in [6.07, 6.45) is 1.05. The van der Waals surface area contributed by atoms with Crippen molar-refractivity contribution in [2.45, 2.75) is 32.9 Å². The number of aryl methyl sites for hydroxylation is 1. The van der Waals surface area contributed by atoms with Crippen molar-refractivity contribution in [3.8, 4) is 0 Å². The van der Waals surface area contributed by atoms with Gasteiger partial charge in [-0.1, -0.05) is 31.2 Å². The number of hydrogen-bond acceptors (Lipinski definition) is 3. The van der Waals surface area contributed by atoms with Gasteiger partial charge in [0.25, 0.3) is 0 Å². The maximum atomic E-state index is 10.8.